The Kier molecular flexibility index (Phi) is 6.10. The summed E-state index contributed by atoms with van der Waals surface area (Å²) in [6, 6.07) is 6.80. The predicted octanol–water partition coefficient (Wildman–Crippen LogP) is 6.70. The van der Waals surface area contributed by atoms with Crippen molar-refractivity contribution < 1.29 is 35.7 Å². The zero-order valence-electron chi connectivity index (χ0n) is 13.9. The maximum atomic E-state index is 13.3. The molecule has 27 heavy (non-hydrogen) atoms. The van der Waals surface area contributed by atoms with Crippen molar-refractivity contribution in [3.8, 4) is 0 Å². The largest absolute Gasteiger partial charge is 0.417 e. The molecule has 0 heterocycles. The third-order valence-corrected chi connectivity index (χ3v) is 4.88. The highest BCUT2D eigenvalue weighted by Gasteiger charge is 2.43. The summed E-state index contributed by atoms with van der Waals surface area (Å²) in [5.41, 5.74) is -5.71. The van der Waals surface area contributed by atoms with Gasteiger partial charge in [0.05, 0.1) is 16.8 Å². The highest BCUT2D eigenvalue weighted by Crippen LogP contribution is 2.41. The number of halogens is 6. The molecule has 0 aliphatic heterocycles. The van der Waals surface area contributed by atoms with E-state index in [4.69, 9.17) is 0 Å². The molecule has 0 aliphatic carbocycles. The molecule has 9 heteroatoms. The lowest BCUT2D eigenvalue weighted by Crippen LogP contribution is -2.21. The zero-order valence-corrected chi connectivity index (χ0v) is 14.8. The summed E-state index contributed by atoms with van der Waals surface area (Å²) < 4.78 is 91.2. The molecule has 2 aromatic rings. The van der Waals surface area contributed by atoms with Gasteiger partial charge in [0, 0.05) is 11.1 Å². The third-order valence-electron chi connectivity index (χ3n) is 3.98. The van der Waals surface area contributed by atoms with E-state index in [1.54, 1.807) is 6.92 Å². The van der Waals surface area contributed by atoms with Crippen LogP contribution in [0.15, 0.2) is 42.5 Å². The van der Waals surface area contributed by atoms with Crippen LogP contribution >= 0.6 is 8.46 Å². The summed E-state index contributed by atoms with van der Waals surface area (Å²) in [4.78, 5) is 12.8. The van der Waals surface area contributed by atoms with Gasteiger partial charge in [-0.25, -0.2) is 0 Å². The second kappa shape index (κ2) is 7.80. The van der Waals surface area contributed by atoms with Crippen molar-refractivity contribution in [2.75, 3.05) is 0 Å². The van der Waals surface area contributed by atoms with Gasteiger partial charge in [-0.2, -0.15) is 26.3 Å². The molecule has 0 amide bonds. The lowest BCUT2D eigenvalue weighted by atomic mass is 9.89. The van der Waals surface area contributed by atoms with E-state index in [1.165, 1.54) is 18.2 Å². The highest BCUT2D eigenvalue weighted by atomic mass is 31.1. The number of carbonyl (C=O) groups excluding carboxylic acids is 1. The number of rotatable bonds is 5. The van der Waals surface area contributed by atoms with Gasteiger partial charge in [0.1, 0.15) is 0 Å². The molecule has 1 unspecified atom stereocenters. The molecule has 0 bridgehead atoms. The van der Waals surface area contributed by atoms with Gasteiger partial charge in [0.25, 0.3) is 0 Å². The van der Waals surface area contributed by atoms with Crippen molar-refractivity contribution in [2.24, 2.45) is 0 Å². The third kappa shape index (κ3) is 4.38. The summed E-state index contributed by atoms with van der Waals surface area (Å²) >= 11 is 0. The van der Waals surface area contributed by atoms with Crippen LogP contribution in [-0.4, -0.2) is 5.78 Å². The number of carbonyl (C=O) groups is 1. The van der Waals surface area contributed by atoms with Crippen molar-refractivity contribution in [3.05, 3.63) is 70.3 Å². The molecule has 2 aromatic carbocycles. The molecular formula is C18H13F6O2P. The van der Waals surface area contributed by atoms with Crippen molar-refractivity contribution in [1.82, 2.24) is 0 Å². The minimum absolute atomic E-state index is 0.131. The fourth-order valence-corrected chi connectivity index (χ4v) is 3.24. The SMILES string of the molecule is CCC(P=O)c1ccccc1C(=O)c1c(C(F)(F)F)cccc1C(F)(F)F. The van der Waals surface area contributed by atoms with Gasteiger partial charge in [-0.1, -0.05) is 37.3 Å². The molecule has 2 rings (SSSR count). The molecular weight excluding hydrogens is 393 g/mol. The standard InChI is InChI=1S/C18H13F6O2P/c1-2-14(27-26)10-6-3-4-7-11(10)16(25)15-12(17(19,20)21)8-5-9-13(15)18(22,23)24/h3-9,14H,2H2,1H3. The van der Waals surface area contributed by atoms with Crippen LogP contribution in [0.3, 0.4) is 0 Å². The smallest absolute Gasteiger partial charge is 0.289 e. The normalized spacial score (nSPS) is 13.6. The first kappa shape index (κ1) is 21.1. The van der Waals surface area contributed by atoms with Gasteiger partial charge < -0.3 is 0 Å². The average Bonchev–Trinajstić information content (AvgIpc) is 2.60. The Morgan fingerprint density at radius 3 is 1.89 bits per heavy atom. The summed E-state index contributed by atoms with van der Waals surface area (Å²) in [6.07, 6.45) is -10.0. The Bertz CT molecular complexity index is 825. The van der Waals surface area contributed by atoms with Gasteiger partial charge in [0.15, 0.2) is 14.2 Å². The highest BCUT2D eigenvalue weighted by molar-refractivity contribution is 7.24. The molecule has 0 saturated heterocycles. The first-order chi connectivity index (χ1) is 12.5. The Labute approximate surface area is 152 Å². The lowest BCUT2D eigenvalue weighted by molar-refractivity contribution is -0.143. The molecule has 0 saturated carbocycles. The van der Waals surface area contributed by atoms with Crippen LogP contribution in [0, 0.1) is 0 Å². The number of benzene rings is 2. The molecule has 0 aromatic heterocycles. The van der Waals surface area contributed by atoms with Gasteiger partial charge in [0.2, 0.25) is 0 Å². The molecule has 0 aliphatic rings. The van der Waals surface area contributed by atoms with Crippen LogP contribution < -0.4 is 0 Å². The molecule has 0 spiro atoms. The molecule has 144 valence electrons. The van der Waals surface area contributed by atoms with Crippen LogP contribution in [0.5, 0.6) is 0 Å². The first-order valence-electron chi connectivity index (χ1n) is 7.75. The number of hydrogen-bond acceptors (Lipinski definition) is 2. The Morgan fingerprint density at radius 1 is 0.926 bits per heavy atom. The van der Waals surface area contributed by atoms with E-state index in [1.807, 2.05) is 0 Å². The molecule has 2 nitrogen and oxygen atoms in total. The van der Waals surface area contributed by atoms with Crippen LogP contribution in [0.25, 0.3) is 0 Å². The zero-order chi connectivity index (χ0) is 20.4. The molecule has 0 N–H and O–H groups in total. The maximum absolute atomic E-state index is 13.3. The fraction of sp³-hybridized carbons (Fsp3) is 0.278. The molecule has 1 atom stereocenters. The van der Waals surface area contributed by atoms with Gasteiger partial charge in [-0.3, -0.25) is 9.36 Å². The Hall–Kier alpha value is -2.21. The van der Waals surface area contributed by atoms with Crippen LogP contribution in [0.4, 0.5) is 26.3 Å². The Balaban J connectivity index is 2.80. The topological polar surface area (TPSA) is 34.1 Å². The Morgan fingerprint density at radius 2 is 1.44 bits per heavy atom. The summed E-state index contributed by atoms with van der Waals surface area (Å²) in [7, 11) is -0.389. The summed E-state index contributed by atoms with van der Waals surface area (Å²) in [5, 5.41) is 0. The van der Waals surface area contributed by atoms with E-state index >= 15 is 0 Å². The number of alkyl halides is 6. The van der Waals surface area contributed by atoms with Crippen molar-refractivity contribution in [1.29, 1.82) is 0 Å². The van der Waals surface area contributed by atoms with E-state index in [9.17, 15) is 35.7 Å². The van der Waals surface area contributed by atoms with E-state index in [-0.39, 0.29) is 26.0 Å². The van der Waals surface area contributed by atoms with E-state index < -0.39 is 40.5 Å². The van der Waals surface area contributed by atoms with E-state index in [0.29, 0.717) is 18.2 Å². The van der Waals surface area contributed by atoms with Crippen LogP contribution in [-0.2, 0) is 16.9 Å². The second-order valence-electron chi connectivity index (χ2n) is 5.67. The first-order valence-corrected chi connectivity index (χ1v) is 8.64. The average molecular weight is 406 g/mol. The van der Waals surface area contributed by atoms with Crippen LogP contribution in [0.2, 0.25) is 0 Å². The van der Waals surface area contributed by atoms with Crippen molar-refractivity contribution in [3.63, 3.8) is 0 Å². The summed E-state index contributed by atoms with van der Waals surface area (Å²) in [6.45, 7) is 1.64. The second-order valence-corrected chi connectivity index (χ2v) is 6.50. The monoisotopic (exact) mass is 406 g/mol. The predicted molar refractivity (Wildman–Crippen MR) is 87.0 cm³/mol. The van der Waals surface area contributed by atoms with E-state index in [0.717, 1.165) is 6.07 Å². The fourth-order valence-electron chi connectivity index (χ4n) is 2.75. The molecule has 0 radical (unpaired) electrons. The van der Waals surface area contributed by atoms with Gasteiger partial charge in [-0.15, -0.1) is 0 Å². The minimum atomic E-state index is -5.15. The lowest BCUT2D eigenvalue weighted by Gasteiger charge is -2.19. The number of hydrogen-bond donors (Lipinski definition) is 0. The van der Waals surface area contributed by atoms with Gasteiger partial charge >= 0.3 is 12.4 Å². The number of ketones is 1. The quantitative estimate of drug-likeness (QED) is 0.315. The van der Waals surface area contributed by atoms with Gasteiger partial charge in [-0.05, 0) is 24.1 Å². The van der Waals surface area contributed by atoms with E-state index in [2.05, 4.69) is 0 Å². The molecule has 0 fully saturated rings. The summed E-state index contributed by atoms with van der Waals surface area (Å²) in [5.74, 6) is -1.41. The minimum Gasteiger partial charge on any atom is -0.289 e. The van der Waals surface area contributed by atoms with Crippen LogP contribution in [0.1, 0.15) is 51.6 Å². The van der Waals surface area contributed by atoms with Crippen molar-refractivity contribution >= 4 is 14.2 Å². The van der Waals surface area contributed by atoms with Crippen molar-refractivity contribution in [2.45, 2.75) is 31.4 Å². The maximum Gasteiger partial charge on any atom is 0.417 e.